The third-order valence-corrected chi connectivity index (χ3v) is 11.4. The molecule has 6 rings (SSSR count). The first-order chi connectivity index (χ1) is 18.2. The van der Waals surface area contributed by atoms with Gasteiger partial charge in [-0.15, -0.1) is 0 Å². The Hall–Kier alpha value is -2.99. The summed E-state index contributed by atoms with van der Waals surface area (Å²) in [7, 11) is -0.670. The number of benzene rings is 3. The Morgan fingerprint density at radius 1 is 1.03 bits per heavy atom. The molecule has 3 heterocycles. The molecule has 0 spiro atoms. The van der Waals surface area contributed by atoms with Gasteiger partial charge in [0.15, 0.2) is 0 Å². The molecule has 198 valence electrons. The Balaban J connectivity index is 1.65. The molecule has 3 aliphatic rings. The molecule has 8 heteroatoms. The quantitative estimate of drug-likeness (QED) is 0.353. The molecule has 0 aromatic heterocycles. The number of aryl methyl sites for hydroxylation is 1. The number of aliphatic imine (C=N–C) groups is 1. The molecule has 0 unspecified atom stereocenters. The molecule has 1 saturated heterocycles. The van der Waals surface area contributed by atoms with Crippen LogP contribution in [0, 0.1) is 12.7 Å². The Labute approximate surface area is 224 Å². The highest BCUT2D eigenvalue weighted by molar-refractivity contribution is 7.68. The minimum absolute atomic E-state index is 0.0510. The summed E-state index contributed by atoms with van der Waals surface area (Å²) in [4.78, 5) is 7.37. The maximum atomic E-state index is 13.8. The molecule has 38 heavy (non-hydrogen) atoms. The van der Waals surface area contributed by atoms with Gasteiger partial charge >= 0.3 is 0 Å². The Morgan fingerprint density at radius 2 is 1.71 bits per heavy atom. The molecule has 1 fully saturated rings. The molecule has 3 aliphatic heterocycles. The lowest BCUT2D eigenvalue weighted by Gasteiger charge is -2.41. The fraction of sp³-hybridized carbons (Fsp3) is 0.367. The molecular formula is C30H34FN4O2P. The second kappa shape index (κ2) is 9.33. The van der Waals surface area contributed by atoms with E-state index >= 15 is 0 Å². The van der Waals surface area contributed by atoms with E-state index < -0.39 is 7.43 Å². The van der Waals surface area contributed by atoms with Gasteiger partial charge in [0.05, 0.1) is 29.9 Å². The van der Waals surface area contributed by atoms with E-state index in [9.17, 15) is 4.39 Å². The zero-order valence-corrected chi connectivity index (χ0v) is 23.5. The number of morpholine rings is 1. The van der Waals surface area contributed by atoms with E-state index in [1.165, 1.54) is 28.9 Å². The van der Waals surface area contributed by atoms with Crippen molar-refractivity contribution in [3.05, 3.63) is 83.2 Å². The van der Waals surface area contributed by atoms with Gasteiger partial charge in [-0.2, -0.15) is 0 Å². The summed E-state index contributed by atoms with van der Waals surface area (Å²) in [5.41, 5.74) is 6.06. The van der Waals surface area contributed by atoms with Crippen molar-refractivity contribution in [3.63, 3.8) is 0 Å². The van der Waals surface area contributed by atoms with E-state index in [1.807, 2.05) is 0 Å². The third kappa shape index (κ3) is 4.08. The number of nitrogens with zero attached hydrogens (tertiary/aromatic N) is 4. The number of hydrogen-bond acceptors (Lipinski definition) is 5. The third-order valence-electron chi connectivity index (χ3n) is 8.29. The topological polar surface area (TPSA) is 49.7 Å². The maximum Gasteiger partial charge on any atom is 0.242 e. The van der Waals surface area contributed by atoms with Crippen molar-refractivity contribution in [2.24, 2.45) is 9.74 Å². The van der Waals surface area contributed by atoms with Crippen LogP contribution in [-0.4, -0.2) is 50.0 Å². The van der Waals surface area contributed by atoms with Crippen LogP contribution in [0.1, 0.15) is 37.5 Å². The highest BCUT2D eigenvalue weighted by Crippen LogP contribution is 2.61. The first-order valence-corrected chi connectivity index (χ1v) is 14.8. The molecule has 0 amide bonds. The Morgan fingerprint density at radius 3 is 2.39 bits per heavy atom. The van der Waals surface area contributed by atoms with Crippen LogP contribution in [0.2, 0.25) is 0 Å². The zero-order valence-electron chi connectivity index (χ0n) is 22.6. The van der Waals surface area contributed by atoms with Gasteiger partial charge < -0.3 is 14.2 Å². The number of rotatable bonds is 3. The van der Waals surface area contributed by atoms with Crippen molar-refractivity contribution < 1.29 is 13.7 Å². The summed E-state index contributed by atoms with van der Waals surface area (Å²) < 4.78 is 34.4. The van der Waals surface area contributed by atoms with Crippen molar-refractivity contribution in [1.29, 1.82) is 0 Å². The molecule has 0 bridgehead atoms. The minimum Gasteiger partial charge on any atom is -0.424 e. The maximum absolute atomic E-state index is 13.8. The number of hydrogen-bond donors (Lipinski definition) is 0. The largest absolute Gasteiger partial charge is 0.424 e. The van der Waals surface area contributed by atoms with Crippen molar-refractivity contribution in [1.82, 2.24) is 4.67 Å². The lowest BCUT2D eigenvalue weighted by Crippen LogP contribution is -2.39. The number of anilines is 1. The van der Waals surface area contributed by atoms with Crippen LogP contribution in [0.15, 0.2) is 70.4 Å². The second-order valence-electron chi connectivity index (χ2n) is 10.9. The summed E-state index contributed by atoms with van der Waals surface area (Å²) in [6, 6.07) is 19.4. The lowest BCUT2D eigenvalue weighted by atomic mass is 9.81. The Kier molecular flexibility index (Phi) is 6.21. The summed E-state index contributed by atoms with van der Waals surface area (Å²) in [5.74, 6) is 0.181. The van der Waals surface area contributed by atoms with Crippen LogP contribution in [0.25, 0.3) is 0 Å². The van der Waals surface area contributed by atoms with E-state index in [0.29, 0.717) is 38.2 Å². The van der Waals surface area contributed by atoms with E-state index in [1.54, 1.807) is 12.1 Å². The second-order valence-corrected chi connectivity index (χ2v) is 13.4. The van der Waals surface area contributed by atoms with E-state index in [0.717, 1.165) is 22.2 Å². The van der Waals surface area contributed by atoms with Gasteiger partial charge in [-0.1, -0.05) is 31.5 Å². The fourth-order valence-electron chi connectivity index (χ4n) is 5.56. The average molecular weight is 533 g/mol. The first-order valence-electron chi connectivity index (χ1n) is 13.2. The van der Waals surface area contributed by atoms with E-state index in [2.05, 4.69) is 80.7 Å². The number of halogens is 1. The summed E-state index contributed by atoms with van der Waals surface area (Å²) in [6.45, 7) is 11.6. The molecule has 6 nitrogen and oxygen atoms in total. The van der Waals surface area contributed by atoms with Gasteiger partial charge in [-0.3, -0.25) is 0 Å². The zero-order chi connectivity index (χ0) is 26.7. The SMILES string of the molecule is Cc1ccc(N=[P@@]2(N3CCOCC3)OC(c3ccc(F)cc3)=Nc3cc4c(cc32)C(C)(C)[C@H](C)N4C)cc1. The van der Waals surface area contributed by atoms with Gasteiger partial charge in [-0.25, -0.2) is 18.8 Å². The lowest BCUT2D eigenvalue weighted by molar-refractivity contribution is 0.0716. The molecule has 3 aromatic carbocycles. The van der Waals surface area contributed by atoms with Crippen molar-refractivity contribution in [2.75, 3.05) is 38.3 Å². The molecule has 3 aromatic rings. The van der Waals surface area contributed by atoms with Crippen LogP contribution >= 0.6 is 7.43 Å². The minimum atomic E-state index is -2.82. The summed E-state index contributed by atoms with van der Waals surface area (Å²) in [5, 5.41) is 1.03. The highest BCUT2D eigenvalue weighted by Gasteiger charge is 2.46. The average Bonchev–Trinajstić information content (AvgIpc) is 3.09. The highest BCUT2D eigenvalue weighted by atomic mass is 31.2. The molecule has 2 atom stereocenters. The predicted octanol–water partition coefficient (Wildman–Crippen LogP) is 6.68. The molecular weight excluding hydrogens is 498 g/mol. The van der Waals surface area contributed by atoms with Crippen molar-refractivity contribution in [2.45, 2.75) is 39.2 Å². The number of ether oxygens (including phenoxy) is 1. The summed E-state index contributed by atoms with van der Waals surface area (Å²) in [6.07, 6.45) is 0. The first kappa shape index (κ1) is 25.3. The van der Waals surface area contributed by atoms with Crippen molar-refractivity contribution >= 4 is 35.7 Å². The monoisotopic (exact) mass is 532 g/mol. The smallest absolute Gasteiger partial charge is 0.242 e. The number of likely N-dealkylation sites (N-methyl/N-ethyl adjacent to an activating group) is 1. The fourth-order valence-corrected chi connectivity index (χ4v) is 8.61. The van der Waals surface area contributed by atoms with Crippen LogP contribution in [-0.2, 0) is 14.7 Å². The molecule has 0 aliphatic carbocycles. The molecule has 0 saturated carbocycles. The Bertz CT molecular complexity index is 1460. The number of fused-ring (bicyclic) bond motifs is 2. The van der Waals surface area contributed by atoms with Crippen LogP contribution < -0.4 is 10.2 Å². The van der Waals surface area contributed by atoms with Crippen molar-refractivity contribution in [3.8, 4) is 0 Å². The van der Waals surface area contributed by atoms with E-state index in [-0.39, 0.29) is 11.2 Å². The van der Waals surface area contributed by atoms with Crippen LogP contribution in [0.5, 0.6) is 0 Å². The summed E-state index contributed by atoms with van der Waals surface area (Å²) >= 11 is 0. The van der Waals surface area contributed by atoms with Gasteiger partial charge in [0.1, 0.15) is 5.82 Å². The van der Waals surface area contributed by atoms with Gasteiger partial charge in [0.2, 0.25) is 13.3 Å². The molecule has 0 N–H and O–H groups in total. The van der Waals surface area contributed by atoms with Gasteiger partial charge in [-0.05, 0) is 67.9 Å². The standard InChI is InChI=1S/C30H34FN4O2P/c1-20-6-12-24(13-7-20)33-38(35-14-16-36-17-15-35)28-18-25-27(34(5)21(2)30(25,3)4)19-26(28)32-29(37-38)22-8-10-23(31)11-9-22/h6-13,18-19,21H,14-17H2,1-5H3/t21-,38-/m0/s1. The normalized spacial score (nSPS) is 24.3. The van der Waals surface area contributed by atoms with Crippen LogP contribution in [0.4, 0.5) is 21.5 Å². The van der Waals surface area contributed by atoms with Gasteiger partial charge in [0.25, 0.3) is 0 Å². The van der Waals surface area contributed by atoms with E-state index in [4.69, 9.17) is 19.0 Å². The van der Waals surface area contributed by atoms with Crippen LogP contribution in [0.3, 0.4) is 0 Å². The predicted molar refractivity (Wildman–Crippen MR) is 153 cm³/mol. The van der Waals surface area contributed by atoms with Gasteiger partial charge in [0, 0.05) is 42.8 Å². The molecule has 0 radical (unpaired) electrons.